The molecule has 0 bridgehead atoms. The van der Waals surface area contributed by atoms with E-state index >= 15 is 0 Å². The summed E-state index contributed by atoms with van der Waals surface area (Å²) >= 11 is 5.87. The van der Waals surface area contributed by atoms with Crippen LogP contribution in [0.5, 0.6) is 5.75 Å². The highest BCUT2D eigenvalue weighted by Gasteiger charge is 2.16. The first kappa shape index (κ1) is 14.4. The molecule has 0 spiro atoms. The zero-order valence-corrected chi connectivity index (χ0v) is 12.2. The van der Waals surface area contributed by atoms with Gasteiger partial charge in [-0.1, -0.05) is 35.9 Å². The number of phenols is 1. The van der Waals surface area contributed by atoms with Crippen LogP contribution in [0, 0.1) is 6.92 Å². The van der Waals surface area contributed by atoms with Crippen molar-refractivity contribution < 1.29 is 9.90 Å². The molecule has 0 saturated heterocycles. The minimum atomic E-state index is -0.256. The van der Waals surface area contributed by atoms with Gasteiger partial charge in [0.1, 0.15) is 5.75 Å². The van der Waals surface area contributed by atoms with Gasteiger partial charge >= 0.3 is 0 Å². The molecular formula is C16H16ClNO2. The molecule has 2 rings (SSSR count). The Bertz CT molecular complexity index is 640. The second-order valence-corrected chi connectivity index (χ2v) is 5.19. The Hall–Kier alpha value is -2.00. The SMILES string of the molecule is Cc1ccccc1CN(C)C(=O)c1cc(Cl)ccc1O. The zero-order valence-electron chi connectivity index (χ0n) is 11.4. The fourth-order valence-electron chi connectivity index (χ4n) is 2.00. The number of hydrogen-bond acceptors (Lipinski definition) is 2. The van der Waals surface area contributed by atoms with Gasteiger partial charge in [-0.25, -0.2) is 0 Å². The van der Waals surface area contributed by atoms with Crippen LogP contribution in [0.3, 0.4) is 0 Å². The topological polar surface area (TPSA) is 40.5 Å². The van der Waals surface area contributed by atoms with Crippen LogP contribution in [0.1, 0.15) is 21.5 Å². The molecule has 0 saturated carbocycles. The van der Waals surface area contributed by atoms with Crippen molar-refractivity contribution >= 4 is 17.5 Å². The Kier molecular flexibility index (Phi) is 4.30. The van der Waals surface area contributed by atoms with Gasteiger partial charge in [0.05, 0.1) is 5.56 Å². The van der Waals surface area contributed by atoms with Crippen molar-refractivity contribution in [3.63, 3.8) is 0 Å². The Morgan fingerprint density at radius 3 is 2.65 bits per heavy atom. The minimum Gasteiger partial charge on any atom is -0.507 e. The molecule has 0 unspecified atom stereocenters. The average molecular weight is 290 g/mol. The highest BCUT2D eigenvalue weighted by atomic mass is 35.5. The van der Waals surface area contributed by atoms with Crippen LogP contribution >= 0.6 is 11.6 Å². The van der Waals surface area contributed by atoms with E-state index in [4.69, 9.17) is 11.6 Å². The predicted octanol–water partition coefficient (Wildman–Crippen LogP) is 3.63. The number of halogens is 1. The molecule has 0 heterocycles. The van der Waals surface area contributed by atoms with E-state index in [0.29, 0.717) is 11.6 Å². The minimum absolute atomic E-state index is 0.0592. The predicted molar refractivity (Wildman–Crippen MR) is 80.1 cm³/mol. The van der Waals surface area contributed by atoms with E-state index in [1.807, 2.05) is 31.2 Å². The molecule has 4 heteroatoms. The number of aromatic hydroxyl groups is 1. The Labute approximate surface area is 123 Å². The largest absolute Gasteiger partial charge is 0.507 e. The normalized spacial score (nSPS) is 10.3. The number of aryl methyl sites for hydroxylation is 1. The van der Waals surface area contributed by atoms with Gasteiger partial charge in [-0.15, -0.1) is 0 Å². The first-order valence-corrected chi connectivity index (χ1v) is 6.65. The third-order valence-electron chi connectivity index (χ3n) is 3.20. The van der Waals surface area contributed by atoms with E-state index in [2.05, 4.69) is 0 Å². The third kappa shape index (κ3) is 3.11. The van der Waals surface area contributed by atoms with Crippen LogP contribution in [0.2, 0.25) is 5.02 Å². The van der Waals surface area contributed by atoms with Crippen LogP contribution < -0.4 is 0 Å². The third-order valence-corrected chi connectivity index (χ3v) is 3.44. The van der Waals surface area contributed by atoms with Gasteiger partial charge in [0.2, 0.25) is 0 Å². The first-order chi connectivity index (χ1) is 9.49. The van der Waals surface area contributed by atoms with Crippen molar-refractivity contribution in [3.8, 4) is 5.75 Å². The van der Waals surface area contributed by atoms with Gasteiger partial charge in [0, 0.05) is 18.6 Å². The van der Waals surface area contributed by atoms with E-state index in [1.54, 1.807) is 18.0 Å². The highest BCUT2D eigenvalue weighted by molar-refractivity contribution is 6.31. The second-order valence-electron chi connectivity index (χ2n) is 4.75. The average Bonchev–Trinajstić information content (AvgIpc) is 2.43. The molecule has 20 heavy (non-hydrogen) atoms. The number of benzene rings is 2. The van der Waals surface area contributed by atoms with Gasteiger partial charge in [-0.2, -0.15) is 0 Å². The van der Waals surface area contributed by atoms with E-state index < -0.39 is 0 Å². The smallest absolute Gasteiger partial charge is 0.257 e. The molecule has 2 aromatic carbocycles. The summed E-state index contributed by atoms with van der Waals surface area (Å²) < 4.78 is 0. The van der Waals surface area contributed by atoms with Crippen LogP contribution in [-0.2, 0) is 6.54 Å². The summed E-state index contributed by atoms with van der Waals surface area (Å²) in [6, 6.07) is 12.3. The zero-order chi connectivity index (χ0) is 14.7. The molecule has 0 aliphatic rings. The van der Waals surface area contributed by atoms with Crippen molar-refractivity contribution in [2.24, 2.45) is 0 Å². The lowest BCUT2D eigenvalue weighted by molar-refractivity contribution is 0.0782. The Balaban J connectivity index is 2.21. The summed E-state index contributed by atoms with van der Waals surface area (Å²) in [4.78, 5) is 13.9. The van der Waals surface area contributed by atoms with E-state index in [1.165, 1.54) is 12.1 Å². The van der Waals surface area contributed by atoms with E-state index in [9.17, 15) is 9.90 Å². The number of rotatable bonds is 3. The maximum Gasteiger partial charge on any atom is 0.257 e. The Morgan fingerprint density at radius 2 is 1.95 bits per heavy atom. The van der Waals surface area contributed by atoms with Crippen molar-refractivity contribution in [2.45, 2.75) is 13.5 Å². The summed E-state index contributed by atoms with van der Waals surface area (Å²) in [6.07, 6.45) is 0. The summed E-state index contributed by atoms with van der Waals surface area (Å²) in [7, 11) is 1.70. The summed E-state index contributed by atoms with van der Waals surface area (Å²) in [5, 5.41) is 10.2. The lowest BCUT2D eigenvalue weighted by Crippen LogP contribution is -2.26. The van der Waals surface area contributed by atoms with Crippen LogP contribution in [-0.4, -0.2) is 23.0 Å². The second kappa shape index (κ2) is 5.97. The first-order valence-electron chi connectivity index (χ1n) is 6.27. The highest BCUT2D eigenvalue weighted by Crippen LogP contribution is 2.23. The number of carbonyl (C=O) groups is 1. The van der Waals surface area contributed by atoms with Gasteiger partial charge < -0.3 is 10.0 Å². The van der Waals surface area contributed by atoms with Gasteiger partial charge in [-0.3, -0.25) is 4.79 Å². The summed E-state index contributed by atoms with van der Waals surface area (Å²) in [5.41, 5.74) is 2.42. The van der Waals surface area contributed by atoms with Crippen LogP contribution in [0.15, 0.2) is 42.5 Å². The van der Waals surface area contributed by atoms with Crippen LogP contribution in [0.4, 0.5) is 0 Å². The maximum absolute atomic E-state index is 12.3. The number of phenolic OH excluding ortho intramolecular Hbond substituents is 1. The lowest BCUT2D eigenvalue weighted by Gasteiger charge is -2.19. The molecule has 0 fully saturated rings. The fraction of sp³-hybridized carbons (Fsp3) is 0.188. The number of amides is 1. The molecular weight excluding hydrogens is 274 g/mol. The summed E-state index contributed by atoms with van der Waals surface area (Å²) in [6.45, 7) is 2.49. The molecule has 1 N–H and O–H groups in total. The fourth-order valence-corrected chi connectivity index (χ4v) is 2.17. The van der Waals surface area contributed by atoms with Gasteiger partial charge in [0.25, 0.3) is 5.91 Å². The van der Waals surface area contributed by atoms with E-state index in [0.717, 1.165) is 11.1 Å². The number of nitrogens with zero attached hydrogens (tertiary/aromatic N) is 1. The van der Waals surface area contributed by atoms with Crippen molar-refractivity contribution in [2.75, 3.05) is 7.05 Å². The molecule has 2 aromatic rings. The van der Waals surface area contributed by atoms with Gasteiger partial charge in [-0.05, 0) is 36.2 Å². The lowest BCUT2D eigenvalue weighted by atomic mass is 10.1. The maximum atomic E-state index is 12.3. The molecule has 0 aliphatic carbocycles. The van der Waals surface area contributed by atoms with E-state index in [-0.39, 0.29) is 17.2 Å². The monoisotopic (exact) mass is 289 g/mol. The van der Waals surface area contributed by atoms with Crippen molar-refractivity contribution in [1.82, 2.24) is 4.90 Å². The molecule has 0 atom stereocenters. The molecule has 0 aliphatic heterocycles. The molecule has 0 aromatic heterocycles. The van der Waals surface area contributed by atoms with Crippen LogP contribution in [0.25, 0.3) is 0 Å². The number of hydrogen-bond donors (Lipinski definition) is 1. The van der Waals surface area contributed by atoms with Crippen molar-refractivity contribution in [1.29, 1.82) is 0 Å². The molecule has 104 valence electrons. The Morgan fingerprint density at radius 1 is 1.25 bits per heavy atom. The quantitative estimate of drug-likeness (QED) is 0.937. The van der Waals surface area contributed by atoms with Crippen molar-refractivity contribution in [3.05, 3.63) is 64.2 Å². The molecule has 1 amide bonds. The molecule has 3 nitrogen and oxygen atoms in total. The summed E-state index contributed by atoms with van der Waals surface area (Å²) in [5.74, 6) is -0.315. The molecule has 0 radical (unpaired) electrons. The van der Waals surface area contributed by atoms with Gasteiger partial charge in [0.15, 0.2) is 0 Å². The number of carbonyl (C=O) groups excluding carboxylic acids is 1. The standard InChI is InChI=1S/C16H16ClNO2/c1-11-5-3-4-6-12(11)10-18(2)16(20)14-9-13(17)7-8-15(14)19/h3-9,19H,10H2,1-2H3.